The number of hydrogen-bond acceptors (Lipinski definition) is 4. The van der Waals surface area contributed by atoms with E-state index in [1.54, 1.807) is 18.2 Å². The average molecular weight is 449 g/mol. The molecule has 0 saturated carbocycles. The number of nitrogens with zero attached hydrogens (tertiary/aromatic N) is 4. The van der Waals surface area contributed by atoms with Gasteiger partial charge in [0.2, 0.25) is 0 Å². The Morgan fingerprint density at radius 1 is 1.23 bits per heavy atom. The van der Waals surface area contributed by atoms with E-state index in [2.05, 4.69) is 10.1 Å². The van der Waals surface area contributed by atoms with Crippen molar-refractivity contribution in [1.82, 2.24) is 19.6 Å². The molecule has 0 aliphatic carbocycles. The lowest BCUT2D eigenvalue weighted by Gasteiger charge is -2.18. The minimum atomic E-state index is -2.84. The van der Waals surface area contributed by atoms with Gasteiger partial charge in [0.1, 0.15) is 28.7 Å². The van der Waals surface area contributed by atoms with E-state index >= 15 is 0 Å². The van der Waals surface area contributed by atoms with Crippen molar-refractivity contribution in [2.75, 3.05) is 7.05 Å². The van der Waals surface area contributed by atoms with Gasteiger partial charge in [0.05, 0.1) is 28.2 Å². The van der Waals surface area contributed by atoms with Crippen LogP contribution in [0.25, 0.3) is 22.3 Å². The van der Waals surface area contributed by atoms with Gasteiger partial charge in [-0.05, 0) is 31.2 Å². The molecule has 0 N–H and O–H groups in total. The molecule has 0 fully saturated rings. The molecule has 160 valence electrons. The Labute approximate surface area is 179 Å². The van der Waals surface area contributed by atoms with Crippen LogP contribution in [0.1, 0.15) is 28.5 Å². The van der Waals surface area contributed by atoms with E-state index in [1.165, 1.54) is 43.1 Å². The summed E-state index contributed by atoms with van der Waals surface area (Å²) in [6.45, 7) is -1.55. The third-order valence-corrected chi connectivity index (χ3v) is 5.18. The van der Waals surface area contributed by atoms with E-state index in [0.29, 0.717) is 5.52 Å². The van der Waals surface area contributed by atoms with E-state index in [1.807, 2.05) is 0 Å². The number of amides is 1. The molecule has 10 heteroatoms. The Kier molecular flexibility index (Phi) is 5.45. The van der Waals surface area contributed by atoms with Crippen molar-refractivity contribution >= 4 is 28.5 Å². The number of imidazole rings is 1. The molecule has 0 bridgehead atoms. The third-order valence-electron chi connectivity index (χ3n) is 4.87. The number of aromatic nitrogens is 3. The summed E-state index contributed by atoms with van der Waals surface area (Å²) < 4.78 is 47.7. The lowest BCUT2D eigenvalue weighted by molar-refractivity contribution is 0.0646. The Hall–Kier alpha value is -3.33. The van der Waals surface area contributed by atoms with Crippen LogP contribution in [-0.4, -0.2) is 32.6 Å². The molecule has 0 aliphatic heterocycles. The number of hydrogen-bond donors (Lipinski definition) is 0. The highest BCUT2D eigenvalue weighted by atomic mass is 35.5. The van der Waals surface area contributed by atoms with E-state index in [9.17, 15) is 18.0 Å². The van der Waals surface area contributed by atoms with E-state index in [4.69, 9.17) is 16.1 Å². The van der Waals surface area contributed by atoms with Crippen molar-refractivity contribution in [2.45, 2.75) is 20.0 Å². The summed E-state index contributed by atoms with van der Waals surface area (Å²) in [4.78, 5) is 18.6. The maximum Gasteiger partial charge on any atom is 0.320 e. The highest BCUT2D eigenvalue weighted by Gasteiger charge is 2.28. The highest BCUT2D eigenvalue weighted by Crippen LogP contribution is 2.34. The van der Waals surface area contributed by atoms with Crippen molar-refractivity contribution in [2.24, 2.45) is 0 Å². The Balaban J connectivity index is 1.72. The zero-order chi connectivity index (χ0) is 22.3. The average Bonchev–Trinajstić information content (AvgIpc) is 3.27. The molecule has 4 aromatic rings. The van der Waals surface area contributed by atoms with Crippen molar-refractivity contribution in [1.29, 1.82) is 0 Å². The van der Waals surface area contributed by atoms with Gasteiger partial charge in [0, 0.05) is 7.05 Å². The number of carbonyl (C=O) groups excluding carboxylic acids is 1. The normalized spacial score (nSPS) is 11.5. The maximum absolute atomic E-state index is 14.4. The summed E-state index contributed by atoms with van der Waals surface area (Å²) in [5, 5.41) is 3.87. The van der Waals surface area contributed by atoms with Gasteiger partial charge in [-0.25, -0.2) is 9.37 Å². The predicted octanol–water partition coefficient (Wildman–Crippen LogP) is 5.46. The number of fused-ring (bicyclic) bond motifs is 1. The SMILES string of the molecule is Cc1onc(-c2c(F)cccc2Cl)c1C(=O)N(C)Cc1nc2ccccc2n1C(F)F. The van der Waals surface area contributed by atoms with Crippen LogP contribution in [0.4, 0.5) is 13.2 Å². The zero-order valence-electron chi connectivity index (χ0n) is 16.4. The van der Waals surface area contributed by atoms with Crippen LogP contribution in [0.3, 0.4) is 0 Å². The first-order chi connectivity index (χ1) is 14.8. The smallest absolute Gasteiger partial charge is 0.320 e. The first-order valence-corrected chi connectivity index (χ1v) is 9.57. The van der Waals surface area contributed by atoms with Gasteiger partial charge in [-0.1, -0.05) is 35.0 Å². The number of para-hydroxylation sites is 2. The maximum atomic E-state index is 14.4. The first-order valence-electron chi connectivity index (χ1n) is 9.19. The Morgan fingerprint density at radius 2 is 1.97 bits per heavy atom. The fraction of sp³-hybridized carbons (Fsp3) is 0.190. The second kappa shape index (κ2) is 8.07. The molecule has 31 heavy (non-hydrogen) atoms. The summed E-state index contributed by atoms with van der Waals surface area (Å²) in [5.74, 6) is -1.11. The van der Waals surface area contributed by atoms with Gasteiger partial charge in [0.15, 0.2) is 0 Å². The van der Waals surface area contributed by atoms with Crippen LogP contribution >= 0.6 is 11.6 Å². The first kappa shape index (κ1) is 20.9. The number of aryl methyl sites for hydroxylation is 1. The number of carbonyl (C=O) groups is 1. The number of alkyl halides is 2. The second-order valence-corrected chi connectivity index (χ2v) is 7.29. The van der Waals surface area contributed by atoms with Gasteiger partial charge in [-0.2, -0.15) is 8.78 Å². The van der Waals surface area contributed by atoms with Crippen LogP contribution < -0.4 is 0 Å². The van der Waals surface area contributed by atoms with Crippen molar-refractivity contribution < 1.29 is 22.5 Å². The van der Waals surface area contributed by atoms with Gasteiger partial charge >= 0.3 is 6.55 Å². The monoisotopic (exact) mass is 448 g/mol. The van der Waals surface area contributed by atoms with Crippen LogP contribution in [0.2, 0.25) is 5.02 Å². The van der Waals surface area contributed by atoms with Crippen molar-refractivity contribution in [3.8, 4) is 11.3 Å². The van der Waals surface area contributed by atoms with E-state index in [0.717, 1.165) is 4.57 Å². The Bertz CT molecular complexity index is 1260. The Morgan fingerprint density at radius 3 is 2.68 bits per heavy atom. The molecule has 0 aliphatic rings. The zero-order valence-corrected chi connectivity index (χ0v) is 17.2. The topological polar surface area (TPSA) is 64.2 Å². The molecule has 2 aromatic heterocycles. The van der Waals surface area contributed by atoms with Gasteiger partial charge in [0.25, 0.3) is 5.91 Å². The van der Waals surface area contributed by atoms with E-state index in [-0.39, 0.29) is 45.5 Å². The quantitative estimate of drug-likeness (QED) is 0.406. The van der Waals surface area contributed by atoms with Gasteiger partial charge < -0.3 is 9.42 Å². The second-order valence-electron chi connectivity index (χ2n) is 6.88. The molecule has 0 saturated heterocycles. The predicted molar refractivity (Wildman–Crippen MR) is 108 cm³/mol. The van der Waals surface area contributed by atoms with Crippen LogP contribution in [-0.2, 0) is 6.54 Å². The number of rotatable bonds is 5. The molecular weight excluding hydrogens is 433 g/mol. The minimum absolute atomic E-state index is 0.00536. The molecule has 2 aromatic carbocycles. The number of benzene rings is 2. The standard InChI is InChI=1S/C21H16ClF3N4O2/c1-11-17(19(27-31-11)18-12(22)6-5-7-13(18)23)20(30)28(2)10-16-26-14-8-3-4-9-15(14)29(16)21(24)25/h3-9,21H,10H2,1-2H3. The van der Waals surface area contributed by atoms with Crippen molar-refractivity contribution in [3.05, 3.63) is 70.5 Å². The van der Waals surface area contributed by atoms with Crippen LogP contribution in [0.15, 0.2) is 47.0 Å². The highest BCUT2D eigenvalue weighted by molar-refractivity contribution is 6.33. The summed E-state index contributed by atoms with van der Waals surface area (Å²) >= 11 is 6.12. The summed E-state index contributed by atoms with van der Waals surface area (Å²) in [5.41, 5.74) is 0.513. The molecule has 0 unspecified atom stereocenters. The molecular formula is C21H16ClF3N4O2. The largest absolute Gasteiger partial charge is 0.360 e. The van der Waals surface area contributed by atoms with Crippen molar-refractivity contribution in [3.63, 3.8) is 0 Å². The molecule has 0 radical (unpaired) electrons. The lowest BCUT2D eigenvalue weighted by Crippen LogP contribution is -2.28. The fourth-order valence-corrected chi connectivity index (χ4v) is 3.67. The van der Waals surface area contributed by atoms with E-state index < -0.39 is 18.3 Å². The van der Waals surface area contributed by atoms with Crippen LogP contribution in [0.5, 0.6) is 0 Å². The van der Waals surface area contributed by atoms with Crippen LogP contribution in [0, 0.1) is 12.7 Å². The molecule has 6 nitrogen and oxygen atoms in total. The molecule has 0 spiro atoms. The molecule has 2 heterocycles. The third kappa shape index (κ3) is 3.65. The summed E-state index contributed by atoms with van der Waals surface area (Å²) in [6.07, 6.45) is 0. The summed E-state index contributed by atoms with van der Waals surface area (Å²) in [7, 11) is 1.43. The van der Waals surface area contributed by atoms with Gasteiger partial charge in [-0.15, -0.1) is 0 Å². The number of halogens is 4. The lowest BCUT2D eigenvalue weighted by atomic mass is 10.0. The minimum Gasteiger partial charge on any atom is -0.360 e. The molecule has 4 rings (SSSR count). The molecule has 1 amide bonds. The van der Waals surface area contributed by atoms with Gasteiger partial charge in [-0.3, -0.25) is 9.36 Å². The molecule has 0 atom stereocenters. The fourth-order valence-electron chi connectivity index (χ4n) is 3.42. The summed E-state index contributed by atoms with van der Waals surface area (Å²) in [6, 6.07) is 10.5.